The van der Waals surface area contributed by atoms with Crippen molar-refractivity contribution in [1.82, 2.24) is 0 Å². The Morgan fingerprint density at radius 3 is 2.40 bits per heavy atom. The fraction of sp³-hybridized carbons (Fsp3) is 0.385. The fourth-order valence-electron chi connectivity index (χ4n) is 1.96. The monoisotopic (exact) mass is 220 g/mol. The van der Waals surface area contributed by atoms with Crippen LogP contribution in [0.3, 0.4) is 0 Å². The van der Waals surface area contributed by atoms with E-state index in [1.165, 1.54) is 0 Å². The van der Waals surface area contributed by atoms with Crippen LogP contribution in [0.1, 0.15) is 25.7 Å². The van der Waals surface area contributed by atoms with Gasteiger partial charge >= 0.3 is 0 Å². The molecule has 80 valence electrons. The van der Waals surface area contributed by atoms with Crippen molar-refractivity contribution in [2.45, 2.75) is 36.2 Å². The van der Waals surface area contributed by atoms with Gasteiger partial charge in [-0.3, -0.25) is 0 Å². The summed E-state index contributed by atoms with van der Waals surface area (Å²) in [6, 6.07) is 10.1. The van der Waals surface area contributed by atoms with Gasteiger partial charge in [-0.15, -0.1) is 0 Å². The third-order valence-corrected chi connectivity index (χ3v) is 4.07. The quantitative estimate of drug-likeness (QED) is 0.785. The molecule has 0 atom stereocenters. The third kappa shape index (κ3) is 2.44. The largest absolute Gasteiger partial charge is 0.385 e. The first kappa shape index (κ1) is 10.8. The molecule has 0 heterocycles. The number of aliphatic hydroxyl groups is 1. The SMILES string of the molecule is C=C(Sc1ccccc1)C1(O)CCCC1. The average Bonchev–Trinajstić information content (AvgIpc) is 2.68. The number of hydrogen-bond donors (Lipinski definition) is 1. The summed E-state index contributed by atoms with van der Waals surface area (Å²) in [6.07, 6.45) is 3.97. The molecule has 0 saturated heterocycles. The molecule has 1 aromatic rings. The van der Waals surface area contributed by atoms with E-state index < -0.39 is 5.60 Å². The normalized spacial score (nSPS) is 19.0. The molecule has 1 aliphatic rings. The van der Waals surface area contributed by atoms with E-state index in [0.29, 0.717) is 0 Å². The van der Waals surface area contributed by atoms with Gasteiger partial charge in [-0.25, -0.2) is 0 Å². The molecule has 15 heavy (non-hydrogen) atoms. The van der Waals surface area contributed by atoms with Crippen LogP contribution in [0, 0.1) is 0 Å². The maximum atomic E-state index is 10.3. The van der Waals surface area contributed by atoms with E-state index in [2.05, 4.69) is 6.58 Å². The van der Waals surface area contributed by atoms with Crippen molar-refractivity contribution in [2.24, 2.45) is 0 Å². The van der Waals surface area contributed by atoms with Gasteiger partial charge in [-0.1, -0.05) is 49.4 Å². The predicted molar refractivity (Wildman–Crippen MR) is 64.9 cm³/mol. The zero-order valence-corrected chi connectivity index (χ0v) is 9.59. The second kappa shape index (κ2) is 4.42. The zero-order valence-electron chi connectivity index (χ0n) is 8.78. The first-order valence-electron chi connectivity index (χ1n) is 5.35. The summed E-state index contributed by atoms with van der Waals surface area (Å²) in [7, 11) is 0. The number of thioether (sulfide) groups is 1. The summed E-state index contributed by atoms with van der Waals surface area (Å²) in [6.45, 7) is 4.02. The molecule has 1 aliphatic carbocycles. The Bertz CT molecular complexity index is 339. The molecule has 0 unspecified atom stereocenters. The van der Waals surface area contributed by atoms with Crippen molar-refractivity contribution in [3.8, 4) is 0 Å². The van der Waals surface area contributed by atoms with Crippen molar-refractivity contribution in [3.63, 3.8) is 0 Å². The van der Waals surface area contributed by atoms with Gasteiger partial charge in [0.25, 0.3) is 0 Å². The first-order valence-corrected chi connectivity index (χ1v) is 6.17. The van der Waals surface area contributed by atoms with Crippen molar-refractivity contribution in [2.75, 3.05) is 0 Å². The standard InChI is InChI=1S/C13H16OS/c1-11(13(14)9-5-6-10-13)15-12-7-3-2-4-8-12/h2-4,7-8,14H,1,5-6,9-10H2. The molecule has 1 aromatic carbocycles. The molecule has 1 saturated carbocycles. The van der Waals surface area contributed by atoms with E-state index in [0.717, 1.165) is 35.5 Å². The molecule has 0 amide bonds. The number of rotatable bonds is 3. The van der Waals surface area contributed by atoms with Gasteiger partial charge in [0.1, 0.15) is 0 Å². The highest BCUT2D eigenvalue weighted by Gasteiger charge is 2.34. The Labute approximate surface area is 95.2 Å². The van der Waals surface area contributed by atoms with Gasteiger partial charge in [0.2, 0.25) is 0 Å². The van der Waals surface area contributed by atoms with E-state index in [-0.39, 0.29) is 0 Å². The van der Waals surface area contributed by atoms with Gasteiger partial charge < -0.3 is 5.11 Å². The van der Waals surface area contributed by atoms with Crippen LogP contribution in [0.25, 0.3) is 0 Å². The lowest BCUT2D eigenvalue weighted by Crippen LogP contribution is -2.24. The Balaban J connectivity index is 2.04. The summed E-state index contributed by atoms with van der Waals surface area (Å²) in [4.78, 5) is 2.05. The molecule has 1 nitrogen and oxygen atoms in total. The molecule has 2 heteroatoms. The summed E-state index contributed by atoms with van der Waals surface area (Å²) in [5, 5.41) is 10.3. The second-order valence-electron chi connectivity index (χ2n) is 4.08. The van der Waals surface area contributed by atoms with Crippen molar-refractivity contribution in [3.05, 3.63) is 41.8 Å². The van der Waals surface area contributed by atoms with E-state index in [9.17, 15) is 5.11 Å². The Morgan fingerprint density at radius 1 is 1.20 bits per heavy atom. The lowest BCUT2D eigenvalue weighted by molar-refractivity contribution is 0.0956. The maximum Gasteiger partial charge on any atom is 0.0952 e. The Morgan fingerprint density at radius 2 is 1.80 bits per heavy atom. The lowest BCUT2D eigenvalue weighted by Gasteiger charge is -2.24. The summed E-state index contributed by atoms with van der Waals surface area (Å²) >= 11 is 1.60. The highest BCUT2D eigenvalue weighted by Crippen LogP contribution is 2.42. The first-order chi connectivity index (χ1) is 7.21. The van der Waals surface area contributed by atoms with Gasteiger partial charge in [0, 0.05) is 9.80 Å². The minimum absolute atomic E-state index is 0.624. The fourth-order valence-corrected chi connectivity index (χ4v) is 2.94. The van der Waals surface area contributed by atoms with E-state index in [1.807, 2.05) is 30.3 Å². The smallest absolute Gasteiger partial charge is 0.0952 e. The topological polar surface area (TPSA) is 20.2 Å². The molecule has 0 bridgehead atoms. The second-order valence-corrected chi connectivity index (χ2v) is 5.25. The lowest BCUT2D eigenvalue weighted by atomic mass is 10.0. The molecular weight excluding hydrogens is 204 g/mol. The van der Waals surface area contributed by atoms with E-state index in [4.69, 9.17) is 0 Å². The number of benzene rings is 1. The van der Waals surface area contributed by atoms with Gasteiger partial charge in [0.15, 0.2) is 0 Å². The molecule has 2 rings (SSSR count). The van der Waals surface area contributed by atoms with Crippen molar-refractivity contribution < 1.29 is 5.11 Å². The van der Waals surface area contributed by atoms with Crippen LogP contribution in [0.15, 0.2) is 46.7 Å². The van der Waals surface area contributed by atoms with Crippen LogP contribution in [-0.4, -0.2) is 10.7 Å². The molecular formula is C13H16OS. The summed E-state index contributed by atoms with van der Waals surface area (Å²) in [5.74, 6) is 0. The van der Waals surface area contributed by atoms with Crippen molar-refractivity contribution in [1.29, 1.82) is 0 Å². The third-order valence-electron chi connectivity index (χ3n) is 2.93. The Kier molecular flexibility index (Phi) is 3.17. The average molecular weight is 220 g/mol. The minimum Gasteiger partial charge on any atom is -0.385 e. The molecule has 0 aromatic heterocycles. The highest BCUT2D eigenvalue weighted by molar-refractivity contribution is 8.03. The molecule has 0 aliphatic heterocycles. The van der Waals surface area contributed by atoms with Crippen LogP contribution in [0.5, 0.6) is 0 Å². The van der Waals surface area contributed by atoms with Crippen LogP contribution in [0.4, 0.5) is 0 Å². The predicted octanol–water partition coefficient (Wildman–Crippen LogP) is 3.60. The van der Waals surface area contributed by atoms with Crippen LogP contribution < -0.4 is 0 Å². The van der Waals surface area contributed by atoms with Gasteiger partial charge in [-0.05, 0) is 25.0 Å². The van der Waals surface area contributed by atoms with Crippen LogP contribution in [-0.2, 0) is 0 Å². The van der Waals surface area contributed by atoms with Crippen LogP contribution in [0.2, 0.25) is 0 Å². The number of hydrogen-bond acceptors (Lipinski definition) is 2. The molecule has 1 N–H and O–H groups in total. The zero-order chi connectivity index (χ0) is 10.7. The van der Waals surface area contributed by atoms with E-state index in [1.54, 1.807) is 11.8 Å². The molecule has 0 radical (unpaired) electrons. The maximum absolute atomic E-state index is 10.3. The van der Waals surface area contributed by atoms with Crippen molar-refractivity contribution >= 4 is 11.8 Å². The minimum atomic E-state index is -0.624. The Hall–Kier alpha value is -0.730. The molecule has 0 spiro atoms. The van der Waals surface area contributed by atoms with Gasteiger partial charge in [0.05, 0.1) is 5.60 Å². The van der Waals surface area contributed by atoms with Crippen LogP contribution >= 0.6 is 11.8 Å². The van der Waals surface area contributed by atoms with Gasteiger partial charge in [-0.2, -0.15) is 0 Å². The highest BCUT2D eigenvalue weighted by atomic mass is 32.2. The van der Waals surface area contributed by atoms with E-state index >= 15 is 0 Å². The summed E-state index contributed by atoms with van der Waals surface area (Å²) in [5.41, 5.74) is -0.624. The molecule has 1 fully saturated rings. The summed E-state index contributed by atoms with van der Waals surface area (Å²) < 4.78 is 0.